The molecule has 5 rings (SSSR count). The normalized spacial score (nSPS) is 13.8. The van der Waals surface area contributed by atoms with Crippen molar-refractivity contribution in [2.75, 3.05) is 5.32 Å². The summed E-state index contributed by atoms with van der Waals surface area (Å²) in [5.41, 5.74) is 2.89. The number of para-hydroxylation sites is 1. The molecule has 4 aromatic rings. The summed E-state index contributed by atoms with van der Waals surface area (Å²) in [6, 6.07) is 15.1. The van der Waals surface area contributed by atoms with Gasteiger partial charge in [0.25, 0.3) is 5.91 Å². The lowest BCUT2D eigenvalue weighted by Gasteiger charge is -2.11. The predicted octanol–water partition coefficient (Wildman–Crippen LogP) is 5.06. The van der Waals surface area contributed by atoms with Gasteiger partial charge in [0.15, 0.2) is 5.82 Å². The lowest BCUT2D eigenvalue weighted by molar-refractivity contribution is 0.102. The molecule has 0 unspecified atom stereocenters. The maximum Gasteiger partial charge on any atom is 0.272 e. The number of aryl methyl sites for hydroxylation is 1. The van der Waals surface area contributed by atoms with Crippen LogP contribution in [0.15, 0.2) is 48.5 Å². The molecule has 0 fully saturated rings. The Bertz CT molecular complexity index is 1180. The van der Waals surface area contributed by atoms with E-state index in [2.05, 4.69) is 25.1 Å². The van der Waals surface area contributed by atoms with E-state index in [1.807, 2.05) is 36.4 Å². The van der Waals surface area contributed by atoms with Gasteiger partial charge in [0.1, 0.15) is 11.5 Å². The Morgan fingerprint density at radius 2 is 1.97 bits per heavy atom. The van der Waals surface area contributed by atoms with Gasteiger partial charge < -0.3 is 14.9 Å². The Labute approximate surface area is 172 Å². The SMILES string of the molecule is O=C(Nc1ccc(Cl)c(-c2nnc3n2CCCCC3)c1)c1cc2ccccc2[nH]1. The minimum absolute atomic E-state index is 0.199. The van der Waals surface area contributed by atoms with Crippen molar-refractivity contribution in [3.8, 4) is 11.4 Å². The van der Waals surface area contributed by atoms with Crippen molar-refractivity contribution in [1.82, 2.24) is 19.7 Å². The Morgan fingerprint density at radius 3 is 2.86 bits per heavy atom. The number of carbonyl (C=O) groups excluding carboxylic acids is 1. The molecule has 146 valence electrons. The number of nitrogens with one attached hydrogen (secondary N) is 2. The average Bonchev–Trinajstić information content (AvgIpc) is 3.27. The highest BCUT2D eigenvalue weighted by Crippen LogP contribution is 2.31. The molecule has 3 heterocycles. The number of aromatic nitrogens is 4. The largest absolute Gasteiger partial charge is 0.351 e. The number of nitrogens with zero attached hydrogens (tertiary/aromatic N) is 3. The first-order valence-electron chi connectivity index (χ1n) is 9.80. The summed E-state index contributed by atoms with van der Waals surface area (Å²) >= 11 is 6.48. The molecule has 0 spiro atoms. The van der Waals surface area contributed by atoms with Gasteiger partial charge in [0.2, 0.25) is 0 Å². The molecule has 1 aliphatic rings. The van der Waals surface area contributed by atoms with Crippen LogP contribution >= 0.6 is 11.6 Å². The van der Waals surface area contributed by atoms with Crippen LogP contribution in [0.3, 0.4) is 0 Å². The molecule has 0 saturated heterocycles. The molecule has 2 aromatic heterocycles. The minimum Gasteiger partial charge on any atom is -0.351 e. The molecule has 1 amide bonds. The van der Waals surface area contributed by atoms with Gasteiger partial charge in [-0.2, -0.15) is 0 Å². The third-order valence-corrected chi connectivity index (χ3v) is 5.68. The van der Waals surface area contributed by atoms with Crippen LogP contribution < -0.4 is 5.32 Å². The van der Waals surface area contributed by atoms with E-state index in [0.717, 1.165) is 53.9 Å². The average molecular weight is 406 g/mol. The van der Waals surface area contributed by atoms with Crippen LogP contribution in [0.4, 0.5) is 5.69 Å². The molecule has 1 aliphatic heterocycles. The number of benzene rings is 2. The first-order chi connectivity index (χ1) is 14.2. The lowest BCUT2D eigenvalue weighted by Crippen LogP contribution is -2.12. The second-order valence-corrected chi connectivity index (χ2v) is 7.73. The summed E-state index contributed by atoms with van der Waals surface area (Å²) in [6.07, 6.45) is 4.36. The van der Waals surface area contributed by atoms with E-state index in [4.69, 9.17) is 11.6 Å². The third-order valence-electron chi connectivity index (χ3n) is 5.35. The van der Waals surface area contributed by atoms with E-state index in [9.17, 15) is 4.79 Å². The maximum atomic E-state index is 12.7. The molecule has 0 bridgehead atoms. The van der Waals surface area contributed by atoms with Crippen LogP contribution in [-0.4, -0.2) is 25.7 Å². The van der Waals surface area contributed by atoms with Gasteiger partial charge in [0, 0.05) is 35.1 Å². The molecule has 0 aliphatic carbocycles. The van der Waals surface area contributed by atoms with E-state index < -0.39 is 0 Å². The molecule has 29 heavy (non-hydrogen) atoms. The Kier molecular flexibility index (Phi) is 4.56. The smallest absolute Gasteiger partial charge is 0.272 e. The fourth-order valence-electron chi connectivity index (χ4n) is 3.85. The molecule has 0 saturated carbocycles. The van der Waals surface area contributed by atoms with Crippen molar-refractivity contribution in [3.63, 3.8) is 0 Å². The van der Waals surface area contributed by atoms with Gasteiger partial charge in [-0.3, -0.25) is 4.79 Å². The number of rotatable bonds is 3. The van der Waals surface area contributed by atoms with E-state index in [-0.39, 0.29) is 5.91 Å². The molecule has 0 atom stereocenters. The fraction of sp³-hybridized carbons (Fsp3) is 0.227. The van der Waals surface area contributed by atoms with Crippen LogP contribution in [0.1, 0.15) is 35.6 Å². The molecule has 7 heteroatoms. The number of fused-ring (bicyclic) bond motifs is 2. The summed E-state index contributed by atoms with van der Waals surface area (Å²) in [4.78, 5) is 15.9. The van der Waals surface area contributed by atoms with Crippen molar-refractivity contribution in [2.24, 2.45) is 0 Å². The highest BCUT2D eigenvalue weighted by Gasteiger charge is 2.19. The second kappa shape index (κ2) is 7.37. The molecule has 2 N–H and O–H groups in total. The Hall–Kier alpha value is -3.12. The highest BCUT2D eigenvalue weighted by molar-refractivity contribution is 6.33. The molecule has 2 aromatic carbocycles. The number of H-pyrrole nitrogens is 1. The fourth-order valence-corrected chi connectivity index (χ4v) is 4.05. The summed E-state index contributed by atoms with van der Waals surface area (Å²) in [5, 5.41) is 13.3. The first kappa shape index (κ1) is 17.9. The zero-order valence-corrected chi connectivity index (χ0v) is 16.5. The monoisotopic (exact) mass is 405 g/mol. The van der Waals surface area contributed by atoms with Crippen LogP contribution in [0, 0.1) is 0 Å². The van der Waals surface area contributed by atoms with Crippen LogP contribution in [0.5, 0.6) is 0 Å². The molecule has 6 nitrogen and oxygen atoms in total. The Balaban J connectivity index is 1.45. The number of amides is 1. The van der Waals surface area contributed by atoms with Crippen LogP contribution in [0.2, 0.25) is 5.02 Å². The second-order valence-electron chi connectivity index (χ2n) is 7.32. The van der Waals surface area contributed by atoms with E-state index in [1.54, 1.807) is 12.1 Å². The number of carbonyl (C=O) groups is 1. The van der Waals surface area contributed by atoms with Gasteiger partial charge in [-0.05, 0) is 43.2 Å². The van der Waals surface area contributed by atoms with Crippen molar-refractivity contribution >= 4 is 34.1 Å². The van der Waals surface area contributed by atoms with E-state index in [0.29, 0.717) is 16.4 Å². The summed E-state index contributed by atoms with van der Waals surface area (Å²) in [7, 11) is 0. The van der Waals surface area contributed by atoms with Crippen molar-refractivity contribution in [2.45, 2.75) is 32.2 Å². The third kappa shape index (κ3) is 3.40. The minimum atomic E-state index is -0.199. The predicted molar refractivity (Wildman–Crippen MR) is 114 cm³/mol. The van der Waals surface area contributed by atoms with E-state index in [1.165, 1.54) is 6.42 Å². The maximum absolute atomic E-state index is 12.7. The molecule has 0 radical (unpaired) electrons. The first-order valence-corrected chi connectivity index (χ1v) is 10.2. The number of aromatic amines is 1. The molecular formula is C22H20ClN5O. The highest BCUT2D eigenvalue weighted by atomic mass is 35.5. The number of hydrogen-bond donors (Lipinski definition) is 2. The van der Waals surface area contributed by atoms with Crippen LogP contribution in [0.25, 0.3) is 22.3 Å². The summed E-state index contributed by atoms with van der Waals surface area (Å²) in [6.45, 7) is 0.889. The van der Waals surface area contributed by atoms with Gasteiger partial charge in [-0.1, -0.05) is 36.2 Å². The number of anilines is 1. The zero-order chi connectivity index (χ0) is 19.8. The van der Waals surface area contributed by atoms with Gasteiger partial charge >= 0.3 is 0 Å². The van der Waals surface area contributed by atoms with Gasteiger partial charge in [-0.25, -0.2) is 0 Å². The topological polar surface area (TPSA) is 75.6 Å². The van der Waals surface area contributed by atoms with Gasteiger partial charge in [0.05, 0.1) is 5.02 Å². The number of hydrogen-bond acceptors (Lipinski definition) is 3. The molecular weight excluding hydrogens is 386 g/mol. The number of halogens is 1. The summed E-state index contributed by atoms with van der Waals surface area (Å²) in [5.74, 6) is 1.56. The van der Waals surface area contributed by atoms with Gasteiger partial charge in [-0.15, -0.1) is 10.2 Å². The zero-order valence-electron chi connectivity index (χ0n) is 15.8. The quantitative estimate of drug-likeness (QED) is 0.500. The lowest BCUT2D eigenvalue weighted by atomic mass is 10.1. The summed E-state index contributed by atoms with van der Waals surface area (Å²) < 4.78 is 2.15. The Morgan fingerprint density at radius 1 is 1.07 bits per heavy atom. The van der Waals surface area contributed by atoms with Crippen molar-refractivity contribution in [3.05, 3.63) is 65.1 Å². The standard InChI is InChI=1S/C22H20ClN5O/c23-17-10-9-15(24-22(29)19-12-14-6-3-4-7-18(14)25-19)13-16(17)21-27-26-20-8-2-1-5-11-28(20)21/h3-4,6-7,9-10,12-13,25H,1-2,5,8,11H2,(H,24,29). The van der Waals surface area contributed by atoms with Crippen molar-refractivity contribution in [1.29, 1.82) is 0 Å². The van der Waals surface area contributed by atoms with Crippen LogP contribution in [-0.2, 0) is 13.0 Å². The van der Waals surface area contributed by atoms with Crippen molar-refractivity contribution < 1.29 is 4.79 Å². The van der Waals surface area contributed by atoms with E-state index >= 15 is 0 Å².